The maximum absolute atomic E-state index is 4.12. The Kier molecular flexibility index (Phi) is 2.56. The molecule has 1 aromatic heterocycles. The van der Waals surface area contributed by atoms with E-state index in [1.54, 1.807) is 4.68 Å². The molecular formula is C8H11N3. The van der Waals surface area contributed by atoms with E-state index in [1.165, 1.54) is 0 Å². The van der Waals surface area contributed by atoms with Crippen LogP contribution in [0.4, 0.5) is 5.82 Å². The first-order chi connectivity index (χ1) is 5.33. The summed E-state index contributed by atoms with van der Waals surface area (Å²) in [6.07, 6.45) is 1.89. The molecule has 0 aliphatic carbocycles. The number of hydrogen-bond acceptors (Lipinski definition) is 2. The highest BCUT2D eigenvalue weighted by Gasteiger charge is 1.90. The topological polar surface area (TPSA) is 29.9 Å². The molecule has 58 valence electrons. The first-order valence-electron chi connectivity index (χ1n) is 3.46. The number of aryl methyl sites for hydroxylation is 1. The van der Waals surface area contributed by atoms with Crippen molar-refractivity contribution in [1.29, 1.82) is 0 Å². The third kappa shape index (κ3) is 2.34. The summed E-state index contributed by atoms with van der Waals surface area (Å²) in [6.45, 7) is 2.48. The Hall–Kier alpha value is -1.43. The molecule has 0 aliphatic rings. The molecule has 11 heavy (non-hydrogen) atoms. The molecule has 1 heterocycles. The van der Waals surface area contributed by atoms with E-state index in [-0.39, 0.29) is 0 Å². The van der Waals surface area contributed by atoms with Gasteiger partial charge in [0.25, 0.3) is 0 Å². The summed E-state index contributed by atoms with van der Waals surface area (Å²) < 4.78 is 1.75. The van der Waals surface area contributed by atoms with Gasteiger partial charge in [0.05, 0.1) is 6.54 Å². The van der Waals surface area contributed by atoms with Crippen LogP contribution < -0.4 is 5.32 Å². The number of nitrogens with zero attached hydrogens (tertiary/aromatic N) is 2. The zero-order valence-corrected chi connectivity index (χ0v) is 6.76. The van der Waals surface area contributed by atoms with E-state index in [2.05, 4.69) is 22.3 Å². The molecule has 1 N–H and O–H groups in total. The zero-order valence-electron chi connectivity index (χ0n) is 6.76. The molecule has 0 aromatic carbocycles. The lowest BCUT2D eigenvalue weighted by Gasteiger charge is -1.93. The van der Waals surface area contributed by atoms with E-state index in [1.807, 2.05) is 26.2 Å². The molecule has 3 nitrogen and oxygen atoms in total. The van der Waals surface area contributed by atoms with Crippen LogP contribution in [0, 0.1) is 11.8 Å². The molecule has 0 aliphatic heterocycles. The van der Waals surface area contributed by atoms with Gasteiger partial charge in [0.2, 0.25) is 0 Å². The fourth-order valence-corrected chi connectivity index (χ4v) is 0.732. The Morgan fingerprint density at radius 3 is 3.09 bits per heavy atom. The maximum Gasteiger partial charge on any atom is 0.148 e. The fourth-order valence-electron chi connectivity index (χ4n) is 0.732. The quantitative estimate of drug-likeness (QED) is 0.632. The lowest BCUT2D eigenvalue weighted by atomic mass is 10.5. The zero-order chi connectivity index (χ0) is 8.10. The van der Waals surface area contributed by atoms with Crippen molar-refractivity contribution < 1.29 is 0 Å². The van der Waals surface area contributed by atoms with Gasteiger partial charge in [0.1, 0.15) is 5.82 Å². The highest BCUT2D eigenvalue weighted by molar-refractivity contribution is 5.33. The largest absolute Gasteiger partial charge is 0.358 e. The van der Waals surface area contributed by atoms with Gasteiger partial charge in [0, 0.05) is 19.3 Å². The standard InChI is InChI=1S/C8H11N3/c1-3-4-6-9-8-5-7-11(2)10-8/h5,7H,6H2,1-2H3,(H,9,10). The number of rotatable bonds is 2. The van der Waals surface area contributed by atoms with E-state index >= 15 is 0 Å². The van der Waals surface area contributed by atoms with Gasteiger partial charge in [-0.25, -0.2) is 0 Å². The van der Waals surface area contributed by atoms with E-state index in [0.717, 1.165) is 5.82 Å². The van der Waals surface area contributed by atoms with Crippen molar-refractivity contribution in [3.8, 4) is 11.8 Å². The van der Waals surface area contributed by atoms with Crippen molar-refractivity contribution in [3.63, 3.8) is 0 Å². The fraction of sp³-hybridized carbons (Fsp3) is 0.375. The minimum absolute atomic E-state index is 0.660. The molecule has 0 saturated carbocycles. The molecular weight excluding hydrogens is 138 g/mol. The van der Waals surface area contributed by atoms with Crippen molar-refractivity contribution in [2.45, 2.75) is 6.92 Å². The third-order valence-electron chi connectivity index (χ3n) is 1.25. The van der Waals surface area contributed by atoms with E-state index in [0.29, 0.717) is 6.54 Å². The van der Waals surface area contributed by atoms with Crippen LogP contribution >= 0.6 is 0 Å². The van der Waals surface area contributed by atoms with Crippen molar-refractivity contribution in [3.05, 3.63) is 12.3 Å². The summed E-state index contributed by atoms with van der Waals surface area (Å²) in [6, 6.07) is 1.91. The van der Waals surface area contributed by atoms with E-state index in [4.69, 9.17) is 0 Å². The van der Waals surface area contributed by atoms with Crippen molar-refractivity contribution in [1.82, 2.24) is 9.78 Å². The van der Waals surface area contributed by atoms with Crippen LogP contribution in [0.1, 0.15) is 6.92 Å². The third-order valence-corrected chi connectivity index (χ3v) is 1.25. The van der Waals surface area contributed by atoms with Crippen LogP contribution in [0.15, 0.2) is 12.3 Å². The lowest BCUT2D eigenvalue weighted by molar-refractivity contribution is 0.770. The summed E-state index contributed by atoms with van der Waals surface area (Å²) in [5.74, 6) is 6.56. The summed E-state index contributed by atoms with van der Waals surface area (Å²) >= 11 is 0. The maximum atomic E-state index is 4.12. The highest BCUT2D eigenvalue weighted by Crippen LogP contribution is 1.98. The molecule has 0 unspecified atom stereocenters. The normalized spacial score (nSPS) is 8.55. The van der Waals surface area contributed by atoms with Crippen LogP contribution in [0.3, 0.4) is 0 Å². The lowest BCUT2D eigenvalue weighted by Crippen LogP contribution is -1.99. The number of anilines is 1. The second-order valence-corrected chi connectivity index (χ2v) is 2.15. The first kappa shape index (κ1) is 7.67. The number of hydrogen-bond donors (Lipinski definition) is 1. The molecule has 1 aromatic rings. The van der Waals surface area contributed by atoms with Crippen molar-refractivity contribution in [2.75, 3.05) is 11.9 Å². The molecule has 0 bridgehead atoms. The smallest absolute Gasteiger partial charge is 0.148 e. The van der Waals surface area contributed by atoms with Crippen molar-refractivity contribution in [2.24, 2.45) is 7.05 Å². The second kappa shape index (κ2) is 3.67. The van der Waals surface area contributed by atoms with Crippen molar-refractivity contribution >= 4 is 5.82 Å². The van der Waals surface area contributed by atoms with Gasteiger partial charge in [-0.1, -0.05) is 5.92 Å². The van der Waals surface area contributed by atoms with Gasteiger partial charge in [-0.3, -0.25) is 4.68 Å². The Bertz CT molecular complexity index is 277. The number of nitrogens with one attached hydrogen (secondary N) is 1. The first-order valence-corrected chi connectivity index (χ1v) is 3.46. The molecule has 0 amide bonds. The summed E-state index contributed by atoms with van der Waals surface area (Å²) in [4.78, 5) is 0. The molecule has 0 spiro atoms. The van der Waals surface area contributed by atoms with Crippen LogP contribution in [0.2, 0.25) is 0 Å². The molecule has 0 fully saturated rings. The summed E-state index contributed by atoms with van der Waals surface area (Å²) in [5.41, 5.74) is 0. The average Bonchev–Trinajstić information content (AvgIpc) is 2.37. The second-order valence-electron chi connectivity index (χ2n) is 2.15. The van der Waals surface area contributed by atoms with Crippen LogP contribution in [-0.2, 0) is 7.05 Å². The molecule has 0 saturated heterocycles. The highest BCUT2D eigenvalue weighted by atomic mass is 15.3. The Labute approximate surface area is 66.4 Å². The Morgan fingerprint density at radius 1 is 1.73 bits per heavy atom. The SMILES string of the molecule is CC#CCNc1ccn(C)n1. The van der Waals surface area contributed by atoms with Crippen LogP contribution in [-0.4, -0.2) is 16.3 Å². The predicted molar refractivity (Wildman–Crippen MR) is 45.1 cm³/mol. The minimum atomic E-state index is 0.660. The van der Waals surface area contributed by atoms with E-state index in [9.17, 15) is 0 Å². The van der Waals surface area contributed by atoms with Gasteiger partial charge in [-0.2, -0.15) is 5.10 Å². The van der Waals surface area contributed by atoms with Gasteiger partial charge in [-0.05, 0) is 6.92 Å². The Morgan fingerprint density at radius 2 is 2.55 bits per heavy atom. The molecule has 0 atom stereocenters. The Balaban J connectivity index is 2.43. The summed E-state index contributed by atoms with van der Waals surface area (Å²) in [5, 5.41) is 7.18. The molecule has 0 radical (unpaired) electrons. The summed E-state index contributed by atoms with van der Waals surface area (Å²) in [7, 11) is 1.89. The number of aromatic nitrogens is 2. The minimum Gasteiger partial charge on any atom is -0.358 e. The van der Waals surface area contributed by atoms with Gasteiger partial charge < -0.3 is 5.32 Å². The van der Waals surface area contributed by atoms with E-state index < -0.39 is 0 Å². The van der Waals surface area contributed by atoms with Crippen LogP contribution in [0.25, 0.3) is 0 Å². The monoisotopic (exact) mass is 149 g/mol. The average molecular weight is 149 g/mol. The molecule has 3 heteroatoms. The van der Waals surface area contributed by atoms with Gasteiger partial charge in [0.15, 0.2) is 0 Å². The van der Waals surface area contributed by atoms with Gasteiger partial charge >= 0.3 is 0 Å². The molecule has 1 rings (SSSR count). The predicted octanol–water partition coefficient (Wildman–Crippen LogP) is 0.855. The van der Waals surface area contributed by atoms with Gasteiger partial charge in [-0.15, -0.1) is 5.92 Å². The van der Waals surface area contributed by atoms with Crippen LogP contribution in [0.5, 0.6) is 0 Å².